The Kier molecular flexibility index (Phi) is 3.14. The van der Waals surface area contributed by atoms with Gasteiger partial charge in [-0.25, -0.2) is 4.79 Å². The number of carbonyl (C=O) groups excluding carboxylic acids is 1. The molecule has 1 N–H and O–H groups in total. The molecule has 0 spiro atoms. The lowest BCUT2D eigenvalue weighted by Crippen LogP contribution is -2.43. The summed E-state index contributed by atoms with van der Waals surface area (Å²) in [6.07, 6.45) is 0.922. The molecule has 2 aromatic carbocycles. The molecule has 0 amide bonds. The van der Waals surface area contributed by atoms with Crippen molar-refractivity contribution in [1.82, 2.24) is 0 Å². The molecule has 3 heteroatoms. The Morgan fingerprint density at radius 1 is 1.14 bits per heavy atom. The molecule has 0 fully saturated rings. The van der Waals surface area contributed by atoms with Gasteiger partial charge in [0, 0.05) is 17.5 Å². The number of fused-ring (bicyclic) bond motifs is 5. The van der Waals surface area contributed by atoms with E-state index in [-0.39, 0.29) is 23.8 Å². The Balaban J connectivity index is 1.83. The lowest BCUT2D eigenvalue weighted by Gasteiger charge is -2.36. The molecule has 0 aromatic heterocycles. The molecule has 0 saturated carbocycles. The number of carbonyl (C=O) groups is 1. The van der Waals surface area contributed by atoms with Crippen LogP contribution in [0.2, 0.25) is 0 Å². The number of ether oxygens (including phenoxy) is 1. The van der Waals surface area contributed by atoms with Crippen molar-refractivity contribution in [3.05, 3.63) is 65.2 Å². The van der Waals surface area contributed by atoms with Crippen molar-refractivity contribution in [3.63, 3.8) is 0 Å². The van der Waals surface area contributed by atoms with Crippen molar-refractivity contribution < 1.29 is 9.53 Å². The first-order valence-electron chi connectivity index (χ1n) is 7.89. The number of hydrogen-bond acceptors (Lipinski definition) is 3. The Hall–Kier alpha value is -2.29. The molecule has 2 aromatic rings. The van der Waals surface area contributed by atoms with Crippen molar-refractivity contribution in [1.29, 1.82) is 0 Å². The molecule has 4 rings (SSSR count). The summed E-state index contributed by atoms with van der Waals surface area (Å²) in [6.45, 7) is 2.28. The van der Waals surface area contributed by atoms with Gasteiger partial charge in [-0.05, 0) is 36.1 Å². The predicted molar refractivity (Wildman–Crippen MR) is 86.0 cm³/mol. The normalized spacial score (nSPS) is 24.7. The van der Waals surface area contributed by atoms with Crippen LogP contribution in [0.25, 0.3) is 0 Å². The fourth-order valence-electron chi connectivity index (χ4n) is 3.97. The largest absolute Gasteiger partial charge is 0.464 e. The third-order valence-electron chi connectivity index (χ3n) is 4.85. The van der Waals surface area contributed by atoms with Gasteiger partial charge in [-0.1, -0.05) is 42.5 Å². The van der Waals surface area contributed by atoms with E-state index in [1.807, 2.05) is 13.0 Å². The first-order chi connectivity index (χ1) is 10.8. The highest BCUT2D eigenvalue weighted by Gasteiger charge is 2.45. The smallest absolute Gasteiger partial charge is 0.328 e. The van der Waals surface area contributed by atoms with Crippen molar-refractivity contribution in [2.24, 2.45) is 5.92 Å². The zero-order chi connectivity index (χ0) is 15.1. The monoisotopic (exact) mass is 293 g/mol. The van der Waals surface area contributed by atoms with E-state index in [9.17, 15) is 4.79 Å². The highest BCUT2D eigenvalue weighted by atomic mass is 16.5. The van der Waals surface area contributed by atoms with Gasteiger partial charge in [0.25, 0.3) is 0 Å². The number of rotatable bonds is 2. The number of anilines is 1. The van der Waals surface area contributed by atoms with Crippen molar-refractivity contribution in [2.45, 2.75) is 25.3 Å². The minimum atomic E-state index is -0.271. The molecule has 3 atom stereocenters. The molecular weight excluding hydrogens is 274 g/mol. The number of benzene rings is 2. The molecule has 2 aliphatic rings. The highest BCUT2D eigenvalue weighted by Crippen LogP contribution is 2.49. The maximum absolute atomic E-state index is 12.4. The van der Waals surface area contributed by atoms with Gasteiger partial charge in [-0.3, -0.25) is 0 Å². The maximum Gasteiger partial charge on any atom is 0.328 e. The molecular formula is C19H19NO2. The standard InChI is InChI=1S/C19H19NO2/c1-2-22-19(21)18-15-11-12-7-3-4-8-13(12)17(15)14-9-5-6-10-16(14)20-18/h3-10,15,17-18,20H,2,11H2,1H3/t15?,17?,18-/m0/s1. The molecule has 22 heavy (non-hydrogen) atoms. The quantitative estimate of drug-likeness (QED) is 0.863. The minimum absolute atomic E-state index is 0.139. The summed E-state index contributed by atoms with van der Waals surface area (Å²) in [5.41, 5.74) is 5.05. The molecule has 1 heterocycles. The van der Waals surface area contributed by atoms with Gasteiger partial charge in [0.1, 0.15) is 6.04 Å². The topological polar surface area (TPSA) is 38.3 Å². The summed E-state index contributed by atoms with van der Waals surface area (Å²) in [5, 5.41) is 3.41. The van der Waals surface area contributed by atoms with Crippen molar-refractivity contribution >= 4 is 11.7 Å². The number of nitrogens with one attached hydrogen (secondary N) is 1. The Bertz CT molecular complexity index is 725. The second kappa shape index (κ2) is 5.16. The SMILES string of the molecule is CCOC(=O)[C@H]1Nc2ccccc2C2c3ccccc3CC21. The molecule has 0 radical (unpaired) electrons. The lowest BCUT2D eigenvalue weighted by molar-refractivity contribution is -0.145. The van der Waals surface area contributed by atoms with Gasteiger partial charge < -0.3 is 10.1 Å². The van der Waals surface area contributed by atoms with Crippen LogP contribution < -0.4 is 5.32 Å². The molecule has 0 bridgehead atoms. The molecule has 1 aliphatic heterocycles. The van der Waals surface area contributed by atoms with E-state index < -0.39 is 0 Å². The Morgan fingerprint density at radius 3 is 2.68 bits per heavy atom. The zero-order valence-corrected chi connectivity index (χ0v) is 12.6. The number of para-hydroxylation sites is 1. The summed E-state index contributed by atoms with van der Waals surface area (Å²) < 4.78 is 5.30. The lowest BCUT2D eigenvalue weighted by atomic mass is 9.78. The van der Waals surface area contributed by atoms with Crippen LogP contribution in [0.15, 0.2) is 48.5 Å². The highest BCUT2D eigenvalue weighted by molar-refractivity contribution is 5.82. The van der Waals surface area contributed by atoms with Crippen LogP contribution in [0.3, 0.4) is 0 Å². The molecule has 0 saturated heterocycles. The van der Waals surface area contributed by atoms with Crippen molar-refractivity contribution in [2.75, 3.05) is 11.9 Å². The van der Waals surface area contributed by atoms with E-state index in [2.05, 4.69) is 47.8 Å². The molecule has 1 aliphatic carbocycles. The number of esters is 1. The van der Waals surface area contributed by atoms with Crippen LogP contribution >= 0.6 is 0 Å². The molecule has 112 valence electrons. The van der Waals surface area contributed by atoms with Crippen LogP contribution in [-0.2, 0) is 16.0 Å². The minimum Gasteiger partial charge on any atom is -0.464 e. The summed E-state index contributed by atoms with van der Waals surface area (Å²) in [6, 6.07) is 16.6. The van der Waals surface area contributed by atoms with E-state index in [0.29, 0.717) is 6.61 Å². The van der Waals surface area contributed by atoms with Gasteiger partial charge >= 0.3 is 5.97 Å². The summed E-state index contributed by atoms with van der Waals surface area (Å²) in [5.74, 6) is 0.370. The Labute approximate surface area is 130 Å². The second-order valence-corrected chi connectivity index (χ2v) is 6.01. The van der Waals surface area contributed by atoms with E-state index in [1.54, 1.807) is 0 Å². The number of hydrogen-bond donors (Lipinski definition) is 1. The van der Waals surface area contributed by atoms with Gasteiger partial charge in [-0.15, -0.1) is 0 Å². The van der Waals surface area contributed by atoms with Crippen LogP contribution in [0.5, 0.6) is 0 Å². The zero-order valence-electron chi connectivity index (χ0n) is 12.6. The third kappa shape index (κ3) is 1.92. The third-order valence-corrected chi connectivity index (χ3v) is 4.85. The van der Waals surface area contributed by atoms with E-state index in [1.165, 1.54) is 16.7 Å². The average Bonchev–Trinajstić information content (AvgIpc) is 2.94. The fourth-order valence-corrected chi connectivity index (χ4v) is 3.97. The first-order valence-corrected chi connectivity index (χ1v) is 7.89. The summed E-state index contributed by atoms with van der Waals surface area (Å²) >= 11 is 0. The van der Waals surface area contributed by atoms with Crippen LogP contribution in [0, 0.1) is 5.92 Å². The molecule has 2 unspecified atom stereocenters. The van der Waals surface area contributed by atoms with Gasteiger partial charge in [0.2, 0.25) is 0 Å². The van der Waals surface area contributed by atoms with Crippen LogP contribution in [0.4, 0.5) is 5.69 Å². The van der Waals surface area contributed by atoms with Crippen LogP contribution in [0.1, 0.15) is 29.5 Å². The molecule has 3 nitrogen and oxygen atoms in total. The van der Waals surface area contributed by atoms with Gasteiger partial charge in [-0.2, -0.15) is 0 Å². The predicted octanol–water partition coefficient (Wildman–Crippen LogP) is 3.35. The van der Waals surface area contributed by atoms with Crippen molar-refractivity contribution in [3.8, 4) is 0 Å². The summed E-state index contributed by atoms with van der Waals surface area (Å²) in [7, 11) is 0. The summed E-state index contributed by atoms with van der Waals surface area (Å²) in [4.78, 5) is 12.4. The van der Waals surface area contributed by atoms with Crippen LogP contribution in [-0.4, -0.2) is 18.6 Å². The first kappa shape index (κ1) is 13.4. The second-order valence-electron chi connectivity index (χ2n) is 6.01. The maximum atomic E-state index is 12.4. The van der Waals surface area contributed by atoms with Gasteiger partial charge in [0.05, 0.1) is 6.61 Å². The van der Waals surface area contributed by atoms with E-state index in [0.717, 1.165) is 12.1 Å². The van der Waals surface area contributed by atoms with E-state index in [4.69, 9.17) is 4.74 Å². The van der Waals surface area contributed by atoms with E-state index >= 15 is 0 Å². The van der Waals surface area contributed by atoms with Gasteiger partial charge in [0.15, 0.2) is 0 Å². The average molecular weight is 293 g/mol. The fraction of sp³-hybridized carbons (Fsp3) is 0.316. The Morgan fingerprint density at radius 2 is 1.86 bits per heavy atom.